The van der Waals surface area contributed by atoms with E-state index in [0.717, 1.165) is 15.9 Å². The zero-order valence-corrected chi connectivity index (χ0v) is 13.6. The summed E-state index contributed by atoms with van der Waals surface area (Å²) >= 11 is 6.73. The van der Waals surface area contributed by atoms with Crippen molar-refractivity contribution in [3.63, 3.8) is 0 Å². The SMILES string of the molecule is O=C(CN(Cc1cccs1)C1CC1)c1sccc1Br. The van der Waals surface area contributed by atoms with Crippen molar-refractivity contribution in [1.29, 1.82) is 0 Å². The van der Waals surface area contributed by atoms with Crippen molar-refractivity contribution < 1.29 is 4.79 Å². The molecular formula is C14H14BrNOS2. The Labute approximate surface area is 129 Å². The molecule has 2 heterocycles. The van der Waals surface area contributed by atoms with Gasteiger partial charge in [0.25, 0.3) is 0 Å². The van der Waals surface area contributed by atoms with Crippen molar-refractivity contribution in [2.24, 2.45) is 0 Å². The van der Waals surface area contributed by atoms with Crippen LogP contribution in [0.15, 0.2) is 33.4 Å². The second-order valence-electron chi connectivity index (χ2n) is 4.74. The van der Waals surface area contributed by atoms with Gasteiger partial charge in [-0.25, -0.2) is 0 Å². The number of nitrogens with zero attached hydrogens (tertiary/aromatic N) is 1. The van der Waals surface area contributed by atoms with Crippen molar-refractivity contribution in [2.45, 2.75) is 25.4 Å². The number of hydrogen-bond acceptors (Lipinski definition) is 4. The minimum Gasteiger partial charge on any atom is -0.292 e. The zero-order valence-electron chi connectivity index (χ0n) is 10.3. The molecule has 0 unspecified atom stereocenters. The third-order valence-corrected chi connectivity index (χ3v) is 5.96. The fraction of sp³-hybridized carbons (Fsp3) is 0.357. The Morgan fingerprint density at radius 1 is 1.32 bits per heavy atom. The molecule has 2 nitrogen and oxygen atoms in total. The highest BCUT2D eigenvalue weighted by molar-refractivity contribution is 9.10. The number of thiophene rings is 2. The van der Waals surface area contributed by atoms with Gasteiger partial charge in [0, 0.05) is 21.9 Å². The molecule has 2 aromatic rings. The number of carbonyl (C=O) groups is 1. The van der Waals surface area contributed by atoms with Crippen LogP contribution in [0.5, 0.6) is 0 Å². The lowest BCUT2D eigenvalue weighted by Gasteiger charge is -2.20. The molecule has 5 heteroatoms. The molecule has 1 saturated carbocycles. The summed E-state index contributed by atoms with van der Waals surface area (Å²) in [5.74, 6) is 0.227. The molecule has 1 aliphatic carbocycles. The normalized spacial score (nSPS) is 15.1. The van der Waals surface area contributed by atoms with Crippen LogP contribution < -0.4 is 0 Å². The first kappa shape index (κ1) is 13.5. The van der Waals surface area contributed by atoms with E-state index in [1.54, 1.807) is 11.3 Å². The predicted molar refractivity (Wildman–Crippen MR) is 84.1 cm³/mol. The van der Waals surface area contributed by atoms with Crippen LogP contribution in [0.2, 0.25) is 0 Å². The quantitative estimate of drug-likeness (QED) is 0.714. The minimum atomic E-state index is 0.227. The van der Waals surface area contributed by atoms with E-state index in [-0.39, 0.29) is 5.78 Å². The zero-order chi connectivity index (χ0) is 13.2. The standard InChI is InChI=1S/C14H14BrNOS2/c15-12-5-7-19-14(12)13(17)9-16(10-3-4-10)8-11-2-1-6-18-11/h1-2,5-7,10H,3-4,8-9H2. The summed E-state index contributed by atoms with van der Waals surface area (Å²) in [7, 11) is 0. The van der Waals surface area contributed by atoms with E-state index in [4.69, 9.17) is 0 Å². The van der Waals surface area contributed by atoms with Gasteiger partial charge in [-0.05, 0) is 51.7 Å². The molecule has 19 heavy (non-hydrogen) atoms. The molecule has 0 aliphatic heterocycles. The van der Waals surface area contributed by atoms with E-state index in [9.17, 15) is 4.79 Å². The number of halogens is 1. The van der Waals surface area contributed by atoms with Crippen LogP contribution in [0.3, 0.4) is 0 Å². The van der Waals surface area contributed by atoms with E-state index in [1.165, 1.54) is 29.1 Å². The van der Waals surface area contributed by atoms with Crippen molar-refractivity contribution in [3.05, 3.63) is 43.2 Å². The summed E-state index contributed by atoms with van der Waals surface area (Å²) in [6.07, 6.45) is 2.45. The van der Waals surface area contributed by atoms with Gasteiger partial charge in [0.15, 0.2) is 5.78 Å². The predicted octanol–water partition coefficient (Wildman–Crippen LogP) is 4.42. The molecule has 0 spiro atoms. The second-order valence-corrected chi connectivity index (χ2v) is 7.54. The highest BCUT2D eigenvalue weighted by Gasteiger charge is 2.31. The fourth-order valence-corrected chi connectivity index (χ4v) is 4.36. The lowest BCUT2D eigenvalue weighted by Crippen LogP contribution is -2.31. The Morgan fingerprint density at radius 3 is 2.74 bits per heavy atom. The first-order valence-electron chi connectivity index (χ1n) is 6.26. The van der Waals surface area contributed by atoms with E-state index < -0.39 is 0 Å². The van der Waals surface area contributed by atoms with Gasteiger partial charge in [-0.3, -0.25) is 9.69 Å². The summed E-state index contributed by atoms with van der Waals surface area (Å²) in [6, 6.07) is 6.76. The molecule has 1 aliphatic rings. The van der Waals surface area contributed by atoms with Crippen molar-refractivity contribution in [3.8, 4) is 0 Å². The van der Waals surface area contributed by atoms with Crippen LogP contribution in [-0.2, 0) is 6.54 Å². The van der Waals surface area contributed by atoms with Crippen LogP contribution in [0.1, 0.15) is 27.4 Å². The average molecular weight is 356 g/mol. The molecule has 0 aromatic carbocycles. The summed E-state index contributed by atoms with van der Waals surface area (Å²) < 4.78 is 0.925. The minimum absolute atomic E-state index is 0.227. The average Bonchev–Trinajstić information content (AvgIpc) is 2.94. The maximum absolute atomic E-state index is 12.3. The first-order chi connectivity index (χ1) is 9.24. The lowest BCUT2D eigenvalue weighted by atomic mass is 10.3. The topological polar surface area (TPSA) is 20.3 Å². The molecule has 3 rings (SSSR count). The first-order valence-corrected chi connectivity index (χ1v) is 8.82. The van der Waals surface area contributed by atoms with Gasteiger partial charge >= 0.3 is 0 Å². The molecule has 2 aromatic heterocycles. The fourth-order valence-electron chi connectivity index (χ4n) is 2.11. The van der Waals surface area contributed by atoms with Crippen molar-refractivity contribution >= 4 is 44.4 Å². The van der Waals surface area contributed by atoms with E-state index >= 15 is 0 Å². The molecule has 1 fully saturated rings. The summed E-state index contributed by atoms with van der Waals surface area (Å²) in [5, 5.41) is 4.05. The van der Waals surface area contributed by atoms with Gasteiger partial charge in [-0.15, -0.1) is 22.7 Å². The third-order valence-electron chi connectivity index (χ3n) is 3.22. The molecule has 0 radical (unpaired) electrons. The van der Waals surface area contributed by atoms with Crippen molar-refractivity contribution in [1.82, 2.24) is 4.90 Å². The number of hydrogen-bond donors (Lipinski definition) is 0. The van der Waals surface area contributed by atoms with Gasteiger partial charge in [0.05, 0.1) is 11.4 Å². The lowest BCUT2D eigenvalue weighted by molar-refractivity contribution is 0.0923. The molecule has 0 amide bonds. The number of carbonyl (C=O) groups excluding carboxylic acids is 1. The van der Waals surface area contributed by atoms with Crippen LogP contribution in [0.25, 0.3) is 0 Å². The second kappa shape index (κ2) is 5.87. The molecule has 0 bridgehead atoms. The maximum Gasteiger partial charge on any atom is 0.187 e. The van der Waals surface area contributed by atoms with Crippen LogP contribution in [0.4, 0.5) is 0 Å². The summed E-state index contributed by atoms with van der Waals surface area (Å²) in [5.41, 5.74) is 0. The molecule has 100 valence electrons. The van der Waals surface area contributed by atoms with E-state index in [1.807, 2.05) is 11.4 Å². The summed E-state index contributed by atoms with van der Waals surface area (Å²) in [4.78, 5) is 16.8. The maximum atomic E-state index is 12.3. The van der Waals surface area contributed by atoms with Gasteiger partial charge in [0.2, 0.25) is 0 Å². The Bertz CT molecular complexity index is 560. The highest BCUT2D eigenvalue weighted by Crippen LogP contribution is 2.30. The van der Waals surface area contributed by atoms with E-state index in [2.05, 4.69) is 38.3 Å². The van der Waals surface area contributed by atoms with Crippen molar-refractivity contribution in [2.75, 3.05) is 6.54 Å². The van der Waals surface area contributed by atoms with Gasteiger partial charge < -0.3 is 0 Å². The Balaban J connectivity index is 1.68. The largest absolute Gasteiger partial charge is 0.292 e. The van der Waals surface area contributed by atoms with Crippen LogP contribution in [-0.4, -0.2) is 23.3 Å². The molecule has 0 saturated heterocycles. The van der Waals surface area contributed by atoms with Gasteiger partial charge in [0.1, 0.15) is 0 Å². The number of Topliss-reactive ketones (excluding diaryl/α,β-unsaturated/α-hetero) is 1. The van der Waals surface area contributed by atoms with Crippen LogP contribution in [0, 0.1) is 0 Å². The summed E-state index contributed by atoms with van der Waals surface area (Å²) in [6.45, 7) is 1.43. The monoisotopic (exact) mass is 355 g/mol. The third kappa shape index (κ3) is 3.34. The molecule has 0 N–H and O–H groups in total. The Morgan fingerprint density at radius 2 is 2.16 bits per heavy atom. The van der Waals surface area contributed by atoms with Crippen LogP contribution >= 0.6 is 38.6 Å². The highest BCUT2D eigenvalue weighted by atomic mass is 79.9. The number of ketones is 1. The number of rotatable bonds is 6. The Kier molecular flexibility index (Phi) is 4.17. The van der Waals surface area contributed by atoms with E-state index in [0.29, 0.717) is 12.6 Å². The van der Waals surface area contributed by atoms with Gasteiger partial charge in [-0.2, -0.15) is 0 Å². The molecular weight excluding hydrogens is 342 g/mol. The Hall–Kier alpha value is -0.490. The molecule has 0 atom stereocenters. The smallest absolute Gasteiger partial charge is 0.187 e. The van der Waals surface area contributed by atoms with Gasteiger partial charge in [-0.1, -0.05) is 6.07 Å².